The number of aryl methyl sites for hydroxylation is 1. The van der Waals surface area contributed by atoms with E-state index in [-0.39, 0.29) is 11.2 Å². The fourth-order valence-electron chi connectivity index (χ4n) is 3.47. The Kier molecular flexibility index (Phi) is 4.67. The van der Waals surface area contributed by atoms with Crippen LogP contribution in [0.4, 0.5) is 0 Å². The van der Waals surface area contributed by atoms with E-state index in [9.17, 15) is 4.79 Å². The van der Waals surface area contributed by atoms with Crippen LogP contribution in [0.3, 0.4) is 0 Å². The Hall–Kier alpha value is -1.49. The highest BCUT2D eigenvalue weighted by Crippen LogP contribution is 2.27. The van der Waals surface area contributed by atoms with Crippen LogP contribution in [0.1, 0.15) is 32.8 Å². The van der Waals surface area contributed by atoms with Crippen LogP contribution in [-0.4, -0.2) is 39.1 Å². The summed E-state index contributed by atoms with van der Waals surface area (Å²) in [6.07, 6.45) is 1.22. The number of rotatable bonds is 3. The molecule has 0 saturated carbocycles. The molecule has 0 radical (unpaired) electrons. The van der Waals surface area contributed by atoms with Crippen molar-refractivity contribution in [1.29, 1.82) is 0 Å². The zero-order valence-corrected chi connectivity index (χ0v) is 15.1. The normalized spacial score (nSPS) is 23.2. The van der Waals surface area contributed by atoms with Crippen LogP contribution in [-0.2, 0) is 4.79 Å². The molecule has 0 aliphatic carbocycles. The number of aromatic amines is 1. The third kappa shape index (κ3) is 3.71. The minimum Gasteiger partial charge on any atom is -0.341 e. The first-order valence-corrected chi connectivity index (χ1v) is 9.22. The number of amides is 1. The molecule has 3 unspecified atom stereocenters. The Morgan fingerprint density at radius 2 is 2.04 bits per heavy atom. The summed E-state index contributed by atoms with van der Waals surface area (Å²) in [7, 11) is 0. The van der Waals surface area contributed by atoms with Crippen molar-refractivity contribution >= 4 is 28.7 Å². The molecule has 0 spiro atoms. The Morgan fingerprint density at radius 3 is 2.74 bits per heavy atom. The highest BCUT2D eigenvalue weighted by Gasteiger charge is 2.29. The van der Waals surface area contributed by atoms with Gasteiger partial charge >= 0.3 is 0 Å². The van der Waals surface area contributed by atoms with Gasteiger partial charge in [-0.2, -0.15) is 0 Å². The molecule has 1 aromatic heterocycles. The summed E-state index contributed by atoms with van der Waals surface area (Å²) in [5, 5.41) is 0.707. The number of nitrogens with zero attached hydrogens (tertiary/aromatic N) is 2. The number of fused-ring (bicyclic) bond motifs is 1. The number of hydrogen-bond donors (Lipinski definition) is 1. The first-order valence-electron chi connectivity index (χ1n) is 8.34. The molecule has 1 N–H and O–H groups in total. The summed E-state index contributed by atoms with van der Waals surface area (Å²) < 4.78 is 0. The zero-order valence-electron chi connectivity index (χ0n) is 14.3. The second-order valence-electron chi connectivity index (χ2n) is 7.01. The molecule has 1 saturated heterocycles. The molecule has 4 nitrogen and oxygen atoms in total. The standard InChI is InChI=1S/C18H25N3OS/c1-11-5-6-15-16(8-11)20-18(19-15)23-14(4)17(22)21-9-12(2)7-13(3)10-21/h5-6,8,12-14H,7,9-10H2,1-4H3,(H,19,20). The maximum atomic E-state index is 12.7. The lowest BCUT2D eigenvalue weighted by atomic mass is 9.92. The second kappa shape index (κ2) is 6.56. The monoisotopic (exact) mass is 331 g/mol. The number of aromatic nitrogens is 2. The van der Waals surface area contributed by atoms with Gasteiger partial charge in [0, 0.05) is 13.1 Å². The van der Waals surface area contributed by atoms with Crippen LogP contribution in [0, 0.1) is 18.8 Å². The minimum atomic E-state index is -0.117. The largest absolute Gasteiger partial charge is 0.341 e. The lowest BCUT2D eigenvalue weighted by Gasteiger charge is -2.36. The zero-order chi connectivity index (χ0) is 16.6. The van der Waals surface area contributed by atoms with Crippen molar-refractivity contribution in [3.63, 3.8) is 0 Å². The van der Waals surface area contributed by atoms with Gasteiger partial charge in [0.1, 0.15) is 0 Å². The highest BCUT2D eigenvalue weighted by atomic mass is 32.2. The summed E-state index contributed by atoms with van der Waals surface area (Å²) in [6.45, 7) is 10.3. The van der Waals surface area contributed by atoms with E-state index < -0.39 is 0 Å². The average molecular weight is 331 g/mol. The fraction of sp³-hybridized carbons (Fsp3) is 0.556. The lowest BCUT2D eigenvalue weighted by molar-refractivity contribution is -0.132. The summed E-state index contributed by atoms with van der Waals surface area (Å²) in [4.78, 5) is 22.7. The van der Waals surface area contributed by atoms with E-state index in [4.69, 9.17) is 0 Å². The molecule has 0 bridgehead atoms. The van der Waals surface area contributed by atoms with E-state index >= 15 is 0 Å². The van der Waals surface area contributed by atoms with Gasteiger partial charge in [-0.3, -0.25) is 4.79 Å². The molecule has 1 aliphatic heterocycles. The molecular formula is C18H25N3OS. The molecule has 23 heavy (non-hydrogen) atoms. The average Bonchev–Trinajstić information content (AvgIpc) is 2.86. The fourth-order valence-corrected chi connectivity index (χ4v) is 4.38. The SMILES string of the molecule is Cc1ccc2nc(SC(C)C(=O)N3CC(C)CC(C)C3)[nH]c2c1. The van der Waals surface area contributed by atoms with E-state index in [0.29, 0.717) is 11.8 Å². The Morgan fingerprint density at radius 1 is 1.35 bits per heavy atom. The number of hydrogen-bond acceptors (Lipinski definition) is 3. The van der Waals surface area contributed by atoms with Gasteiger partial charge in [0.25, 0.3) is 0 Å². The number of benzene rings is 1. The van der Waals surface area contributed by atoms with Gasteiger partial charge in [-0.15, -0.1) is 0 Å². The number of carbonyl (C=O) groups is 1. The van der Waals surface area contributed by atoms with Gasteiger partial charge in [0.15, 0.2) is 5.16 Å². The van der Waals surface area contributed by atoms with Crippen LogP contribution in [0.15, 0.2) is 23.4 Å². The summed E-state index contributed by atoms with van der Waals surface area (Å²) in [5.74, 6) is 1.41. The maximum Gasteiger partial charge on any atom is 0.235 e. The number of piperidine rings is 1. The van der Waals surface area contributed by atoms with Gasteiger partial charge in [-0.25, -0.2) is 4.98 Å². The van der Waals surface area contributed by atoms with Crippen LogP contribution in [0.2, 0.25) is 0 Å². The van der Waals surface area contributed by atoms with Crippen LogP contribution in [0.5, 0.6) is 0 Å². The van der Waals surface area contributed by atoms with Gasteiger partial charge in [-0.05, 0) is 49.8 Å². The van der Waals surface area contributed by atoms with Crippen molar-refractivity contribution in [2.45, 2.75) is 44.5 Å². The molecule has 1 aromatic carbocycles. The smallest absolute Gasteiger partial charge is 0.235 e. The molecular weight excluding hydrogens is 306 g/mol. The first kappa shape index (κ1) is 16.4. The van der Waals surface area contributed by atoms with E-state index in [2.05, 4.69) is 42.9 Å². The van der Waals surface area contributed by atoms with E-state index in [1.165, 1.54) is 23.7 Å². The molecule has 2 heterocycles. The molecule has 3 rings (SSSR count). The van der Waals surface area contributed by atoms with Crippen molar-refractivity contribution in [3.8, 4) is 0 Å². The minimum absolute atomic E-state index is 0.117. The van der Waals surface area contributed by atoms with Crippen molar-refractivity contribution in [1.82, 2.24) is 14.9 Å². The van der Waals surface area contributed by atoms with E-state index in [1.54, 1.807) is 0 Å². The third-order valence-corrected chi connectivity index (χ3v) is 5.40. The van der Waals surface area contributed by atoms with Gasteiger partial charge in [0.05, 0.1) is 16.3 Å². The van der Waals surface area contributed by atoms with E-state index in [0.717, 1.165) is 29.3 Å². The molecule has 1 aliphatic rings. The predicted octanol–water partition coefficient (Wildman–Crippen LogP) is 3.86. The quantitative estimate of drug-likeness (QED) is 0.869. The Labute approximate surface area is 142 Å². The van der Waals surface area contributed by atoms with Crippen LogP contribution in [0.25, 0.3) is 11.0 Å². The van der Waals surface area contributed by atoms with Crippen molar-refractivity contribution in [3.05, 3.63) is 23.8 Å². The summed E-state index contributed by atoms with van der Waals surface area (Å²) in [6, 6.07) is 6.17. The molecule has 1 amide bonds. The van der Waals surface area contributed by atoms with Crippen molar-refractivity contribution in [2.24, 2.45) is 11.8 Å². The third-order valence-electron chi connectivity index (χ3n) is 4.43. The first-order chi connectivity index (χ1) is 10.9. The number of likely N-dealkylation sites (tertiary alicyclic amines) is 1. The number of carbonyl (C=O) groups excluding carboxylic acids is 1. The Bertz CT molecular complexity index is 701. The second-order valence-corrected chi connectivity index (χ2v) is 8.34. The molecule has 3 atom stereocenters. The highest BCUT2D eigenvalue weighted by molar-refractivity contribution is 8.00. The molecule has 124 valence electrons. The topological polar surface area (TPSA) is 49.0 Å². The molecule has 2 aromatic rings. The van der Waals surface area contributed by atoms with Crippen LogP contribution < -0.4 is 0 Å². The van der Waals surface area contributed by atoms with Crippen LogP contribution >= 0.6 is 11.8 Å². The van der Waals surface area contributed by atoms with Crippen molar-refractivity contribution in [2.75, 3.05) is 13.1 Å². The molecule has 5 heteroatoms. The predicted molar refractivity (Wildman–Crippen MR) is 95.7 cm³/mol. The number of nitrogens with one attached hydrogen (secondary N) is 1. The summed E-state index contributed by atoms with van der Waals surface area (Å²) >= 11 is 1.52. The Balaban J connectivity index is 1.69. The number of imidazole rings is 1. The van der Waals surface area contributed by atoms with Gasteiger partial charge < -0.3 is 9.88 Å². The van der Waals surface area contributed by atoms with Gasteiger partial charge in [0.2, 0.25) is 5.91 Å². The van der Waals surface area contributed by atoms with E-state index in [1.807, 2.05) is 17.9 Å². The van der Waals surface area contributed by atoms with Crippen molar-refractivity contribution < 1.29 is 4.79 Å². The number of H-pyrrole nitrogens is 1. The number of thioether (sulfide) groups is 1. The molecule has 1 fully saturated rings. The maximum absolute atomic E-state index is 12.7. The summed E-state index contributed by atoms with van der Waals surface area (Å²) in [5.41, 5.74) is 3.20. The lowest BCUT2D eigenvalue weighted by Crippen LogP contribution is -2.45. The van der Waals surface area contributed by atoms with Gasteiger partial charge in [-0.1, -0.05) is 31.7 Å².